The van der Waals surface area contributed by atoms with E-state index >= 15 is 0 Å². The quantitative estimate of drug-likeness (QED) is 0.136. The summed E-state index contributed by atoms with van der Waals surface area (Å²) in [5, 5.41) is 15.1. The Labute approximate surface area is 246 Å². The van der Waals surface area contributed by atoms with Gasteiger partial charge in [0.25, 0.3) is 5.69 Å². The van der Waals surface area contributed by atoms with Crippen molar-refractivity contribution in [2.45, 2.75) is 20.5 Å². The number of rotatable bonds is 9. The van der Waals surface area contributed by atoms with Crippen LogP contribution in [-0.4, -0.2) is 35.3 Å². The van der Waals surface area contributed by atoms with Gasteiger partial charge in [0.05, 0.1) is 22.2 Å². The first-order valence-corrected chi connectivity index (χ1v) is 13.2. The number of nitrogens with zero attached hydrogens (tertiary/aromatic N) is 3. The van der Waals surface area contributed by atoms with E-state index in [-0.39, 0.29) is 23.9 Å². The first kappa shape index (κ1) is 29.5. The molecule has 4 aromatic rings. The average molecular weight is 593 g/mol. The summed E-state index contributed by atoms with van der Waals surface area (Å²) in [5.41, 5.74) is 3.56. The molecule has 1 heterocycles. The molecular formula is C30H26Cl2N4O5. The molecule has 210 valence electrons. The highest BCUT2D eigenvalue weighted by atomic mass is 35.5. The minimum absolute atomic E-state index is 0.00327. The molecular weight excluding hydrogens is 567 g/mol. The molecule has 0 saturated heterocycles. The molecule has 0 saturated carbocycles. The highest BCUT2D eigenvalue weighted by Gasteiger charge is 2.19. The van der Waals surface area contributed by atoms with Crippen LogP contribution in [0.5, 0.6) is 5.75 Å². The zero-order valence-electron chi connectivity index (χ0n) is 22.5. The number of halogens is 2. The van der Waals surface area contributed by atoms with E-state index < -0.39 is 16.7 Å². The van der Waals surface area contributed by atoms with Crippen LogP contribution >= 0.6 is 23.2 Å². The minimum atomic E-state index is -0.502. The third kappa shape index (κ3) is 7.00. The lowest BCUT2D eigenvalue weighted by Gasteiger charge is -2.21. The maximum Gasteiger partial charge on any atom is 0.272 e. The van der Waals surface area contributed by atoms with Crippen LogP contribution in [0.25, 0.3) is 17.0 Å². The van der Waals surface area contributed by atoms with Crippen LogP contribution in [0, 0.1) is 24.0 Å². The predicted molar refractivity (Wildman–Crippen MR) is 161 cm³/mol. The number of nitro groups is 1. The number of hydrogen-bond acceptors (Lipinski definition) is 6. The first-order valence-electron chi connectivity index (χ1n) is 12.5. The van der Waals surface area contributed by atoms with Gasteiger partial charge in [0.1, 0.15) is 17.9 Å². The van der Waals surface area contributed by atoms with E-state index in [2.05, 4.69) is 10.3 Å². The molecule has 1 aromatic heterocycles. The molecule has 3 aromatic carbocycles. The largest absolute Gasteiger partial charge is 0.487 e. The van der Waals surface area contributed by atoms with Crippen LogP contribution in [0.1, 0.15) is 22.4 Å². The number of aryl methyl sites for hydroxylation is 2. The van der Waals surface area contributed by atoms with Gasteiger partial charge in [0.2, 0.25) is 11.8 Å². The molecule has 4 rings (SSSR count). The Hall–Kier alpha value is -4.47. The molecule has 0 atom stereocenters. The summed E-state index contributed by atoms with van der Waals surface area (Å²) in [5.74, 6) is -0.339. The van der Waals surface area contributed by atoms with Crippen LogP contribution in [0.4, 0.5) is 11.4 Å². The molecule has 0 radical (unpaired) electrons. The first-order chi connectivity index (χ1) is 19.5. The summed E-state index contributed by atoms with van der Waals surface area (Å²) in [6.45, 7) is 3.28. The van der Waals surface area contributed by atoms with Crippen molar-refractivity contribution in [3.8, 4) is 5.75 Å². The van der Waals surface area contributed by atoms with Gasteiger partial charge < -0.3 is 15.0 Å². The van der Waals surface area contributed by atoms with Crippen LogP contribution in [0.2, 0.25) is 10.0 Å². The Morgan fingerprint density at radius 1 is 1.10 bits per heavy atom. The summed E-state index contributed by atoms with van der Waals surface area (Å²) in [7, 11) is 1.54. The van der Waals surface area contributed by atoms with Gasteiger partial charge in [-0.2, -0.15) is 0 Å². The van der Waals surface area contributed by atoms with Crippen molar-refractivity contribution in [3.63, 3.8) is 0 Å². The molecule has 41 heavy (non-hydrogen) atoms. The monoisotopic (exact) mass is 592 g/mol. The van der Waals surface area contributed by atoms with E-state index in [1.165, 1.54) is 29.2 Å². The van der Waals surface area contributed by atoms with Gasteiger partial charge in [-0.1, -0.05) is 41.4 Å². The molecule has 0 bridgehead atoms. The van der Waals surface area contributed by atoms with Crippen molar-refractivity contribution in [3.05, 3.63) is 109 Å². The smallest absolute Gasteiger partial charge is 0.272 e. The summed E-state index contributed by atoms with van der Waals surface area (Å²) >= 11 is 13.1. The molecule has 1 N–H and O–H groups in total. The number of aromatic nitrogens is 1. The van der Waals surface area contributed by atoms with E-state index in [1.54, 1.807) is 32.2 Å². The van der Waals surface area contributed by atoms with Crippen molar-refractivity contribution in [1.82, 2.24) is 10.3 Å². The number of amides is 2. The Morgan fingerprint density at radius 2 is 1.88 bits per heavy atom. The second-order valence-corrected chi connectivity index (χ2v) is 10.0. The molecule has 0 aliphatic carbocycles. The lowest BCUT2D eigenvalue weighted by Crippen LogP contribution is -2.37. The molecule has 2 amide bonds. The lowest BCUT2D eigenvalue weighted by atomic mass is 10.1. The second kappa shape index (κ2) is 12.8. The number of likely N-dealkylation sites (N-methyl/N-ethyl adjacent to an activating group) is 1. The molecule has 9 nitrogen and oxygen atoms in total. The van der Waals surface area contributed by atoms with Crippen LogP contribution in [0.15, 0.2) is 66.7 Å². The number of para-hydroxylation sites is 1. The molecule has 0 spiro atoms. The van der Waals surface area contributed by atoms with E-state index in [0.29, 0.717) is 33.1 Å². The Bertz CT molecular complexity index is 1690. The fourth-order valence-electron chi connectivity index (χ4n) is 4.09. The zero-order chi connectivity index (χ0) is 29.7. The normalized spacial score (nSPS) is 11.0. The lowest BCUT2D eigenvalue weighted by molar-refractivity contribution is -0.385. The van der Waals surface area contributed by atoms with E-state index in [0.717, 1.165) is 16.6 Å². The Balaban J connectivity index is 1.41. The van der Waals surface area contributed by atoms with Crippen LogP contribution < -0.4 is 15.0 Å². The third-order valence-electron chi connectivity index (χ3n) is 6.35. The average Bonchev–Trinajstić information content (AvgIpc) is 2.94. The van der Waals surface area contributed by atoms with E-state index in [9.17, 15) is 19.7 Å². The Morgan fingerprint density at radius 3 is 2.61 bits per heavy atom. The summed E-state index contributed by atoms with van der Waals surface area (Å²) in [4.78, 5) is 41.6. The molecule has 11 heteroatoms. The molecule has 0 unspecified atom stereocenters. The maximum atomic E-state index is 12.9. The SMILES string of the molecule is Cc1ccc2cccc(OCc3c(Cl)ccc(N(C)C(=O)CNC(=O)C=Cc4ccc([N+](=O)[O-])c(C)c4)c3Cl)c2n1. The van der Waals surface area contributed by atoms with Crippen molar-refractivity contribution in [2.75, 3.05) is 18.5 Å². The van der Waals surface area contributed by atoms with Gasteiger partial charge in [-0.05, 0) is 61.9 Å². The van der Waals surface area contributed by atoms with Gasteiger partial charge in [0.15, 0.2) is 0 Å². The highest BCUT2D eigenvalue weighted by Crippen LogP contribution is 2.35. The Kier molecular flexibility index (Phi) is 9.21. The number of carbonyl (C=O) groups is 2. The number of hydrogen-bond donors (Lipinski definition) is 1. The summed E-state index contributed by atoms with van der Waals surface area (Å²) in [6, 6.07) is 17.3. The molecule has 0 fully saturated rings. The minimum Gasteiger partial charge on any atom is -0.487 e. The van der Waals surface area contributed by atoms with Gasteiger partial charge >= 0.3 is 0 Å². The number of benzene rings is 3. The van der Waals surface area contributed by atoms with Gasteiger partial charge in [-0.15, -0.1) is 0 Å². The number of nitrogens with one attached hydrogen (secondary N) is 1. The van der Waals surface area contributed by atoms with Gasteiger partial charge in [0, 0.05) is 46.4 Å². The fraction of sp³-hybridized carbons (Fsp3) is 0.167. The van der Waals surface area contributed by atoms with Crippen molar-refractivity contribution in [1.29, 1.82) is 0 Å². The number of ether oxygens (including phenoxy) is 1. The summed E-state index contributed by atoms with van der Waals surface area (Å²) in [6.07, 6.45) is 2.76. The maximum absolute atomic E-state index is 12.9. The standard InChI is InChI=1S/C30H26Cl2N4O5/c1-18-15-20(8-12-24(18)36(39)40)9-14-27(37)33-16-28(38)35(3)25-13-11-23(31)22(29(25)32)17-41-26-6-4-5-21-10-7-19(2)34-30(21)26/h4-15H,16-17H2,1-3H3,(H,33,37). The second-order valence-electron chi connectivity index (χ2n) is 9.24. The van der Waals surface area contributed by atoms with Crippen molar-refractivity contribution in [2.24, 2.45) is 0 Å². The number of pyridine rings is 1. The molecule has 0 aliphatic heterocycles. The van der Waals surface area contributed by atoms with Crippen molar-refractivity contribution >= 4 is 63.4 Å². The van der Waals surface area contributed by atoms with E-state index in [1.807, 2.05) is 37.3 Å². The molecule has 0 aliphatic rings. The zero-order valence-corrected chi connectivity index (χ0v) is 24.0. The number of nitro benzene ring substituents is 1. The number of carbonyl (C=O) groups excluding carboxylic acids is 2. The van der Waals surface area contributed by atoms with Crippen LogP contribution in [0.3, 0.4) is 0 Å². The van der Waals surface area contributed by atoms with Crippen molar-refractivity contribution < 1.29 is 19.2 Å². The topological polar surface area (TPSA) is 115 Å². The third-order valence-corrected chi connectivity index (χ3v) is 7.13. The van der Waals surface area contributed by atoms with E-state index in [4.69, 9.17) is 27.9 Å². The fourth-order valence-corrected chi connectivity index (χ4v) is 4.70. The van der Waals surface area contributed by atoms with Crippen LogP contribution in [-0.2, 0) is 16.2 Å². The van der Waals surface area contributed by atoms with Gasteiger partial charge in [-0.3, -0.25) is 19.7 Å². The number of fused-ring (bicyclic) bond motifs is 1. The summed E-state index contributed by atoms with van der Waals surface area (Å²) < 4.78 is 6.05. The highest BCUT2D eigenvalue weighted by molar-refractivity contribution is 6.38. The predicted octanol–water partition coefficient (Wildman–Crippen LogP) is 6.44. The van der Waals surface area contributed by atoms with Gasteiger partial charge in [-0.25, -0.2) is 4.98 Å². The number of anilines is 1.